The van der Waals surface area contributed by atoms with Crippen molar-refractivity contribution in [2.24, 2.45) is 5.92 Å². The zero-order valence-electron chi connectivity index (χ0n) is 19.8. The van der Waals surface area contributed by atoms with Gasteiger partial charge in [0.25, 0.3) is 0 Å². The van der Waals surface area contributed by atoms with Gasteiger partial charge in [-0.25, -0.2) is 13.2 Å². The van der Waals surface area contributed by atoms with Gasteiger partial charge in [-0.05, 0) is 78.8 Å². The Hall–Kier alpha value is -3.01. The number of ether oxygens (including phenoxy) is 1. The first-order chi connectivity index (χ1) is 16.5. The third kappa shape index (κ3) is 5.38. The predicted octanol–water partition coefficient (Wildman–Crippen LogP) is 9.02. The van der Waals surface area contributed by atoms with Crippen LogP contribution in [0.4, 0.5) is 13.2 Å². The Kier molecular flexibility index (Phi) is 7.77. The number of benzene rings is 3. The van der Waals surface area contributed by atoms with Crippen molar-refractivity contribution in [3.8, 4) is 16.9 Å². The molecule has 3 aromatic carbocycles. The first kappa shape index (κ1) is 24.1. The molecule has 0 saturated heterocycles. The molecule has 0 N–H and O–H groups in total. The summed E-state index contributed by atoms with van der Waals surface area (Å²) in [5, 5.41) is 0. The highest BCUT2D eigenvalue weighted by molar-refractivity contribution is 5.72. The van der Waals surface area contributed by atoms with Gasteiger partial charge in [0, 0.05) is 5.56 Å². The SMILES string of the molecule is CCOc1ccc(/C=C/c2ccc(-c3ccc(C4CCC(CC)CC4)c(F)c3F)cc2)cc1F. The summed E-state index contributed by atoms with van der Waals surface area (Å²) in [4.78, 5) is 0. The van der Waals surface area contributed by atoms with Gasteiger partial charge in [-0.3, -0.25) is 0 Å². The van der Waals surface area contributed by atoms with E-state index in [1.807, 2.05) is 25.1 Å². The molecule has 0 unspecified atom stereocenters. The Bertz CT molecular complexity index is 1140. The Labute approximate surface area is 200 Å². The molecule has 0 spiro atoms. The average molecular weight is 465 g/mol. The maximum Gasteiger partial charge on any atom is 0.166 e. The van der Waals surface area contributed by atoms with Crippen molar-refractivity contribution in [3.05, 3.63) is 88.7 Å². The van der Waals surface area contributed by atoms with Crippen LogP contribution < -0.4 is 4.74 Å². The average Bonchev–Trinajstić information content (AvgIpc) is 2.86. The van der Waals surface area contributed by atoms with E-state index in [0.717, 1.165) is 37.7 Å². The lowest BCUT2D eigenvalue weighted by Gasteiger charge is -2.28. The molecule has 4 heteroatoms. The van der Waals surface area contributed by atoms with Gasteiger partial charge in [0.05, 0.1) is 6.61 Å². The highest BCUT2D eigenvalue weighted by Crippen LogP contribution is 2.39. The fourth-order valence-electron chi connectivity index (χ4n) is 4.84. The van der Waals surface area contributed by atoms with Crippen molar-refractivity contribution < 1.29 is 17.9 Å². The van der Waals surface area contributed by atoms with Crippen molar-refractivity contribution in [1.29, 1.82) is 0 Å². The third-order valence-electron chi connectivity index (χ3n) is 6.92. The van der Waals surface area contributed by atoms with E-state index in [1.54, 1.807) is 42.5 Å². The molecule has 1 nitrogen and oxygen atoms in total. The molecule has 0 atom stereocenters. The maximum absolute atomic E-state index is 15.0. The molecule has 0 heterocycles. The first-order valence-corrected chi connectivity index (χ1v) is 12.2. The van der Waals surface area contributed by atoms with Gasteiger partial charge in [-0.1, -0.05) is 68.0 Å². The minimum absolute atomic E-state index is 0.103. The number of hydrogen-bond donors (Lipinski definition) is 0. The van der Waals surface area contributed by atoms with Crippen LogP contribution in [0.3, 0.4) is 0 Å². The molecule has 0 aromatic heterocycles. The maximum atomic E-state index is 15.0. The summed E-state index contributed by atoms with van der Waals surface area (Å²) in [6.07, 6.45) is 8.83. The molecule has 34 heavy (non-hydrogen) atoms. The van der Waals surface area contributed by atoms with E-state index in [0.29, 0.717) is 29.2 Å². The molecular weight excluding hydrogens is 433 g/mol. The van der Waals surface area contributed by atoms with Gasteiger partial charge in [-0.2, -0.15) is 0 Å². The highest BCUT2D eigenvalue weighted by Gasteiger charge is 2.25. The van der Waals surface area contributed by atoms with Crippen molar-refractivity contribution in [2.75, 3.05) is 6.61 Å². The lowest BCUT2D eigenvalue weighted by molar-refractivity contribution is 0.312. The third-order valence-corrected chi connectivity index (χ3v) is 6.92. The normalized spacial score (nSPS) is 18.4. The second-order valence-corrected chi connectivity index (χ2v) is 9.03. The second-order valence-electron chi connectivity index (χ2n) is 9.03. The fourth-order valence-corrected chi connectivity index (χ4v) is 4.84. The standard InChI is InChI=1S/C30H31F3O/c1-3-20-7-12-23(13-8-20)25-16-17-26(30(33)29(25)32)24-14-9-21(10-15-24)5-6-22-11-18-28(34-4-2)27(31)19-22/h5-6,9-11,14-20,23H,3-4,7-8,12-13H2,1-2H3/b6-5+. The fraction of sp³-hybridized carbons (Fsp3) is 0.333. The monoisotopic (exact) mass is 464 g/mol. The van der Waals surface area contributed by atoms with Gasteiger partial charge in [0.1, 0.15) is 0 Å². The van der Waals surface area contributed by atoms with E-state index in [9.17, 15) is 8.78 Å². The molecule has 1 fully saturated rings. The van der Waals surface area contributed by atoms with Gasteiger partial charge in [0.15, 0.2) is 23.2 Å². The van der Waals surface area contributed by atoms with E-state index >= 15 is 4.39 Å². The first-order valence-electron chi connectivity index (χ1n) is 12.2. The van der Waals surface area contributed by atoms with E-state index in [4.69, 9.17) is 4.74 Å². The van der Waals surface area contributed by atoms with E-state index in [-0.39, 0.29) is 17.2 Å². The summed E-state index contributed by atoms with van der Waals surface area (Å²) >= 11 is 0. The van der Waals surface area contributed by atoms with Crippen LogP contribution in [-0.2, 0) is 0 Å². The number of hydrogen-bond acceptors (Lipinski definition) is 1. The molecule has 0 radical (unpaired) electrons. The number of halogens is 3. The summed E-state index contributed by atoms with van der Waals surface area (Å²) < 4.78 is 49.2. The lowest BCUT2D eigenvalue weighted by atomic mass is 9.77. The Balaban J connectivity index is 1.48. The van der Waals surface area contributed by atoms with Gasteiger partial charge in [0.2, 0.25) is 0 Å². The van der Waals surface area contributed by atoms with Crippen LogP contribution in [0.1, 0.15) is 68.6 Å². The molecule has 3 aromatic rings. The van der Waals surface area contributed by atoms with Crippen molar-refractivity contribution in [2.45, 2.75) is 51.9 Å². The van der Waals surface area contributed by atoms with Gasteiger partial charge < -0.3 is 4.74 Å². The molecule has 0 aliphatic heterocycles. The van der Waals surface area contributed by atoms with Crippen LogP contribution in [0.2, 0.25) is 0 Å². The minimum atomic E-state index is -0.775. The summed E-state index contributed by atoms with van der Waals surface area (Å²) in [6, 6.07) is 15.5. The smallest absolute Gasteiger partial charge is 0.166 e. The molecular formula is C30H31F3O. The molecule has 1 saturated carbocycles. The molecule has 0 bridgehead atoms. The lowest BCUT2D eigenvalue weighted by Crippen LogP contribution is -2.14. The second kappa shape index (κ2) is 10.9. The minimum Gasteiger partial charge on any atom is -0.491 e. The topological polar surface area (TPSA) is 9.23 Å². The number of rotatable bonds is 7. The molecule has 1 aliphatic carbocycles. The van der Waals surface area contributed by atoms with E-state index in [1.165, 1.54) is 6.07 Å². The predicted molar refractivity (Wildman–Crippen MR) is 133 cm³/mol. The molecule has 178 valence electrons. The van der Waals surface area contributed by atoms with E-state index < -0.39 is 17.5 Å². The van der Waals surface area contributed by atoms with Crippen LogP contribution in [0.25, 0.3) is 23.3 Å². The summed E-state index contributed by atoms with van der Waals surface area (Å²) in [6.45, 7) is 4.41. The Morgan fingerprint density at radius 1 is 0.794 bits per heavy atom. The zero-order valence-corrected chi connectivity index (χ0v) is 19.8. The van der Waals surface area contributed by atoms with Crippen LogP contribution in [0.5, 0.6) is 5.75 Å². The van der Waals surface area contributed by atoms with Crippen LogP contribution in [0.15, 0.2) is 54.6 Å². The van der Waals surface area contributed by atoms with E-state index in [2.05, 4.69) is 6.92 Å². The largest absolute Gasteiger partial charge is 0.491 e. The highest BCUT2D eigenvalue weighted by atomic mass is 19.2. The Morgan fingerprint density at radius 2 is 1.47 bits per heavy atom. The summed E-state index contributed by atoms with van der Waals surface area (Å²) in [5.74, 6) is -0.838. The summed E-state index contributed by atoms with van der Waals surface area (Å²) in [7, 11) is 0. The van der Waals surface area contributed by atoms with Gasteiger partial charge >= 0.3 is 0 Å². The van der Waals surface area contributed by atoms with Crippen molar-refractivity contribution in [1.82, 2.24) is 0 Å². The zero-order chi connectivity index (χ0) is 24.1. The molecule has 1 aliphatic rings. The quantitative estimate of drug-likeness (QED) is 0.317. The molecule has 4 rings (SSSR count). The van der Waals surface area contributed by atoms with Crippen LogP contribution >= 0.6 is 0 Å². The summed E-state index contributed by atoms with van der Waals surface area (Å²) in [5.41, 5.74) is 3.00. The van der Waals surface area contributed by atoms with Gasteiger partial charge in [-0.15, -0.1) is 0 Å². The van der Waals surface area contributed by atoms with Crippen molar-refractivity contribution >= 4 is 12.2 Å². The Morgan fingerprint density at radius 3 is 2.12 bits per heavy atom. The van der Waals surface area contributed by atoms with Crippen LogP contribution in [-0.4, -0.2) is 6.61 Å². The van der Waals surface area contributed by atoms with Crippen LogP contribution in [0, 0.1) is 23.4 Å². The molecule has 0 amide bonds. The van der Waals surface area contributed by atoms with Crippen molar-refractivity contribution in [3.63, 3.8) is 0 Å².